The molecule has 1 heterocycles. The molecule has 0 spiro atoms. The summed E-state index contributed by atoms with van der Waals surface area (Å²) in [4.78, 5) is 18.4. The molecule has 24 heavy (non-hydrogen) atoms. The molecule has 3 N–H and O–H groups in total. The third-order valence-electron chi connectivity index (χ3n) is 4.13. The summed E-state index contributed by atoms with van der Waals surface area (Å²) in [6.45, 7) is 3.86. The van der Waals surface area contributed by atoms with Crippen molar-refractivity contribution in [1.29, 1.82) is 0 Å². The number of nitrogens with zero attached hydrogens (tertiary/aromatic N) is 2. The highest BCUT2D eigenvalue weighted by molar-refractivity contribution is 14.0. The van der Waals surface area contributed by atoms with Gasteiger partial charge in [-0.15, -0.1) is 24.0 Å². The van der Waals surface area contributed by atoms with Crippen molar-refractivity contribution in [2.24, 2.45) is 10.7 Å². The van der Waals surface area contributed by atoms with Gasteiger partial charge in [-0.3, -0.25) is 4.79 Å². The van der Waals surface area contributed by atoms with Gasteiger partial charge in [0.2, 0.25) is 5.91 Å². The topological polar surface area (TPSA) is 70.7 Å². The third-order valence-corrected chi connectivity index (χ3v) is 4.13. The predicted octanol–water partition coefficient (Wildman–Crippen LogP) is 3.07. The van der Waals surface area contributed by atoms with E-state index in [1.54, 1.807) is 0 Å². The van der Waals surface area contributed by atoms with Gasteiger partial charge >= 0.3 is 0 Å². The van der Waals surface area contributed by atoms with Crippen LogP contribution < -0.4 is 16.0 Å². The van der Waals surface area contributed by atoms with E-state index in [9.17, 15) is 4.79 Å². The quantitative estimate of drug-likeness (QED) is 0.294. The fourth-order valence-electron chi connectivity index (χ4n) is 2.85. The smallest absolute Gasteiger partial charge is 0.248 e. The van der Waals surface area contributed by atoms with Crippen LogP contribution in [0.5, 0.6) is 0 Å². The van der Waals surface area contributed by atoms with Gasteiger partial charge in [0.25, 0.3) is 0 Å². The number of hydrogen-bond donors (Lipinski definition) is 2. The second-order valence-electron chi connectivity index (χ2n) is 5.97. The fraction of sp³-hybridized carbons (Fsp3) is 0.556. The van der Waals surface area contributed by atoms with Crippen LogP contribution >= 0.6 is 24.0 Å². The number of guanidine groups is 1. The summed E-state index contributed by atoms with van der Waals surface area (Å²) < 4.78 is 0. The van der Waals surface area contributed by atoms with Gasteiger partial charge in [-0.2, -0.15) is 0 Å². The summed E-state index contributed by atoms with van der Waals surface area (Å²) in [6, 6.07) is 8.08. The lowest BCUT2D eigenvalue weighted by molar-refractivity contribution is -0.117. The van der Waals surface area contributed by atoms with Crippen molar-refractivity contribution in [3.05, 3.63) is 29.8 Å². The molecule has 2 rings (SSSR count). The molecule has 0 fully saturated rings. The van der Waals surface area contributed by atoms with Crippen LogP contribution in [0, 0.1) is 0 Å². The van der Waals surface area contributed by atoms with E-state index in [1.807, 2.05) is 23.1 Å². The van der Waals surface area contributed by atoms with Crippen LogP contribution in [-0.2, 0) is 11.2 Å². The number of aryl methyl sites for hydroxylation is 1. The maximum atomic E-state index is 12.4. The Balaban J connectivity index is 0.00000288. The minimum Gasteiger partial charge on any atom is -0.370 e. The SMILES string of the molecule is CCCCCCNC(N)=NCC(=O)N1CCCc2ccccc21.I. The number of fused-ring (bicyclic) bond motifs is 1. The van der Waals surface area contributed by atoms with Crippen LogP contribution in [0.15, 0.2) is 29.3 Å². The molecular formula is C18H29IN4O. The second-order valence-corrected chi connectivity index (χ2v) is 5.97. The number of nitrogens with two attached hydrogens (primary N) is 1. The van der Waals surface area contributed by atoms with E-state index in [-0.39, 0.29) is 36.4 Å². The van der Waals surface area contributed by atoms with Crippen LogP contribution in [-0.4, -0.2) is 31.5 Å². The summed E-state index contributed by atoms with van der Waals surface area (Å²) in [7, 11) is 0. The van der Waals surface area contributed by atoms with Gasteiger partial charge in [-0.25, -0.2) is 4.99 Å². The maximum absolute atomic E-state index is 12.4. The van der Waals surface area contributed by atoms with E-state index in [4.69, 9.17) is 5.73 Å². The van der Waals surface area contributed by atoms with Gasteiger partial charge in [0, 0.05) is 18.8 Å². The van der Waals surface area contributed by atoms with Gasteiger partial charge < -0.3 is 16.0 Å². The molecule has 0 saturated carbocycles. The average Bonchev–Trinajstić information content (AvgIpc) is 2.59. The number of unbranched alkanes of at least 4 members (excludes halogenated alkanes) is 3. The zero-order valence-electron chi connectivity index (χ0n) is 14.5. The Morgan fingerprint density at radius 1 is 1.29 bits per heavy atom. The monoisotopic (exact) mass is 444 g/mol. The van der Waals surface area contributed by atoms with Gasteiger partial charge in [-0.1, -0.05) is 44.4 Å². The standard InChI is InChI=1S/C18H28N4O.HI/c1-2-3-4-7-12-20-18(19)21-14-17(23)22-13-8-10-15-9-5-6-11-16(15)22;/h5-6,9,11H,2-4,7-8,10,12-14H2,1H3,(H3,19,20,21);1H. The largest absolute Gasteiger partial charge is 0.370 e. The zero-order chi connectivity index (χ0) is 16.5. The molecular weight excluding hydrogens is 415 g/mol. The number of rotatable bonds is 7. The van der Waals surface area contributed by atoms with E-state index in [0.29, 0.717) is 5.96 Å². The van der Waals surface area contributed by atoms with E-state index >= 15 is 0 Å². The van der Waals surface area contributed by atoms with Crippen molar-refractivity contribution >= 4 is 41.5 Å². The Bertz CT molecular complexity index is 548. The number of benzene rings is 1. The number of carbonyl (C=O) groups is 1. The van der Waals surface area contributed by atoms with Crippen molar-refractivity contribution in [1.82, 2.24) is 5.32 Å². The second kappa shape index (κ2) is 11.3. The molecule has 0 saturated heterocycles. The van der Waals surface area contributed by atoms with Crippen LogP contribution in [0.2, 0.25) is 0 Å². The summed E-state index contributed by atoms with van der Waals surface area (Å²) in [6.07, 6.45) is 6.76. The Morgan fingerprint density at radius 3 is 2.88 bits per heavy atom. The number of para-hydroxylation sites is 1. The Hall–Kier alpha value is -1.31. The number of anilines is 1. The average molecular weight is 444 g/mol. The minimum absolute atomic E-state index is 0. The normalized spacial score (nSPS) is 13.9. The minimum atomic E-state index is 0. The summed E-state index contributed by atoms with van der Waals surface area (Å²) in [5, 5.41) is 3.08. The van der Waals surface area contributed by atoms with Crippen LogP contribution in [0.25, 0.3) is 0 Å². The molecule has 5 nitrogen and oxygen atoms in total. The lowest BCUT2D eigenvalue weighted by atomic mass is 10.0. The first kappa shape index (κ1) is 20.7. The number of halogens is 1. The molecule has 1 aliphatic rings. The lowest BCUT2D eigenvalue weighted by Gasteiger charge is -2.29. The molecule has 1 aromatic rings. The van der Waals surface area contributed by atoms with E-state index in [2.05, 4.69) is 23.3 Å². The van der Waals surface area contributed by atoms with E-state index in [0.717, 1.165) is 38.0 Å². The molecule has 1 amide bonds. The van der Waals surface area contributed by atoms with E-state index in [1.165, 1.54) is 24.8 Å². The summed E-state index contributed by atoms with van der Waals surface area (Å²) in [5.41, 5.74) is 8.08. The third kappa shape index (κ3) is 6.30. The van der Waals surface area contributed by atoms with Crippen LogP contribution in [0.1, 0.15) is 44.6 Å². The number of carbonyl (C=O) groups excluding carboxylic acids is 1. The highest BCUT2D eigenvalue weighted by atomic mass is 127. The highest BCUT2D eigenvalue weighted by Gasteiger charge is 2.21. The molecule has 6 heteroatoms. The number of aliphatic imine (C=N–C) groups is 1. The first-order chi connectivity index (χ1) is 11.2. The number of amides is 1. The fourth-order valence-corrected chi connectivity index (χ4v) is 2.85. The van der Waals surface area contributed by atoms with Gasteiger partial charge in [0.05, 0.1) is 0 Å². The van der Waals surface area contributed by atoms with Crippen molar-refractivity contribution < 1.29 is 4.79 Å². The first-order valence-corrected chi connectivity index (χ1v) is 8.64. The van der Waals surface area contributed by atoms with Crippen molar-refractivity contribution in [3.8, 4) is 0 Å². The highest BCUT2D eigenvalue weighted by Crippen LogP contribution is 2.26. The van der Waals surface area contributed by atoms with E-state index < -0.39 is 0 Å². The molecule has 0 atom stereocenters. The van der Waals surface area contributed by atoms with Crippen LogP contribution in [0.3, 0.4) is 0 Å². The molecule has 0 aromatic heterocycles. The Labute approximate surface area is 162 Å². The number of hydrogen-bond acceptors (Lipinski definition) is 2. The zero-order valence-corrected chi connectivity index (χ0v) is 16.8. The molecule has 0 aliphatic carbocycles. The predicted molar refractivity (Wildman–Crippen MR) is 111 cm³/mol. The maximum Gasteiger partial charge on any atom is 0.248 e. The molecule has 0 bridgehead atoms. The molecule has 134 valence electrons. The summed E-state index contributed by atoms with van der Waals surface area (Å²) >= 11 is 0. The van der Waals surface area contributed by atoms with Crippen molar-refractivity contribution in [2.75, 3.05) is 24.5 Å². The molecule has 0 radical (unpaired) electrons. The van der Waals surface area contributed by atoms with Gasteiger partial charge in [-0.05, 0) is 30.9 Å². The lowest BCUT2D eigenvalue weighted by Crippen LogP contribution is -2.38. The van der Waals surface area contributed by atoms with Gasteiger partial charge in [0.1, 0.15) is 6.54 Å². The van der Waals surface area contributed by atoms with Gasteiger partial charge in [0.15, 0.2) is 5.96 Å². The van der Waals surface area contributed by atoms with Crippen LogP contribution in [0.4, 0.5) is 5.69 Å². The molecule has 1 aliphatic heterocycles. The Morgan fingerprint density at radius 2 is 2.08 bits per heavy atom. The van der Waals surface area contributed by atoms with Crippen molar-refractivity contribution in [2.45, 2.75) is 45.4 Å². The molecule has 0 unspecified atom stereocenters. The Kier molecular flexibility index (Phi) is 9.75. The first-order valence-electron chi connectivity index (χ1n) is 8.64. The summed E-state index contributed by atoms with van der Waals surface area (Å²) in [5.74, 6) is 0.369. The molecule has 1 aromatic carbocycles. The number of nitrogens with one attached hydrogen (secondary N) is 1. The van der Waals surface area contributed by atoms with Crippen molar-refractivity contribution in [3.63, 3.8) is 0 Å².